The summed E-state index contributed by atoms with van der Waals surface area (Å²) >= 11 is 0. The van der Waals surface area contributed by atoms with Gasteiger partial charge in [0.1, 0.15) is 5.54 Å². The van der Waals surface area contributed by atoms with Crippen LogP contribution in [0.2, 0.25) is 0 Å². The average molecular weight is 447 g/mol. The van der Waals surface area contributed by atoms with Crippen molar-refractivity contribution in [3.8, 4) is 0 Å². The molecular weight excluding hydrogens is 420 g/mol. The first-order valence-corrected chi connectivity index (χ1v) is 11.3. The second-order valence-corrected chi connectivity index (χ2v) is 8.94. The lowest BCUT2D eigenvalue weighted by molar-refractivity contribution is -0.142. The Bertz CT molecular complexity index is 1160. The number of rotatable bonds is 6. The summed E-state index contributed by atoms with van der Waals surface area (Å²) in [5.74, 6) is -3.46. The molecule has 4 amide bonds. The number of anilines is 1. The largest absolute Gasteiger partial charge is 0.370 e. The first-order valence-electron chi connectivity index (χ1n) is 11.3. The molecule has 5 rings (SSSR count). The van der Waals surface area contributed by atoms with E-state index in [2.05, 4.69) is 10.6 Å². The molecule has 2 aromatic rings. The lowest BCUT2D eigenvalue weighted by Crippen LogP contribution is -2.53. The minimum atomic E-state index is -1.40. The van der Waals surface area contributed by atoms with Crippen molar-refractivity contribution in [1.29, 1.82) is 0 Å². The van der Waals surface area contributed by atoms with Crippen LogP contribution in [0.4, 0.5) is 5.69 Å². The summed E-state index contributed by atoms with van der Waals surface area (Å²) in [6.45, 7) is 2.21. The lowest BCUT2D eigenvalue weighted by Gasteiger charge is -2.29. The van der Waals surface area contributed by atoms with Gasteiger partial charge in [-0.25, -0.2) is 0 Å². The normalized spacial score (nSPS) is 27.7. The summed E-state index contributed by atoms with van der Waals surface area (Å²) in [7, 11) is 0. The summed E-state index contributed by atoms with van der Waals surface area (Å²) < 4.78 is 0. The Labute approximate surface area is 191 Å². The molecule has 8 heteroatoms. The third-order valence-electron chi connectivity index (χ3n) is 7.20. The minimum absolute atomic E-state index is 0.134. The highest BCUT2D eigenvalue weighted by Gasteiger charge is 2.70. The number of carbonyl (C=O) groups is 4. The molecule has 2 saturated heterocycles. The van der Waals surface area contributed by atoms with Crippen LogP contribution in [0.25, 0.3) is 0 Å². The molecule has 3 aliphatic heterocycles. The number of hydrogen-bond donors (Lipinski definition) is 3. The van der Waals surface area contributed by atoms with Crippen LogP contribution in [0.1, 0.15) is 30.0 Å². The Hall–Kier alpha value is -3.52. The number of para-hydroxylation sites is 1. The van der Waals surface area contributed by atoms with Gasteiger partial charge in [-0.1, -0.05) is 55.5 Å². The van der Waals surface area contributed by atoms with Gasteiger partial charge in [-0.15, -0.1) is 0 Å². The second kappa shape index (κ2) is 7.81. The van der Waals surface area contributed by atoms with E-state index in [9.17, 15) is 19.2 Å². The summed E-state index contributed by atoms with van der Waals surface area (Å²) in [6.07, 6.45) is 1.08. The predicted octanol–water partition coefficient (Wildman–Crippen LogP) is 1.09. The monoisotopic (exact) mass is 446 g/mol. The van der Waals surface area contributed by atoms with Gasteiger partial charge in [-0.3, -0.25) is 29.4 Å². The van der Waals surface area contributed by atoms with Gasteiger partial charge in [0.25, 0.3) is 0 Å². The fourth-order valence-electron chi connectivity index (χ4n) is 5.74. The van der Waals surface area contributed by atoms with Gasteiger partial charge in [-0.2, -0.15) is 0 Å². The average Bonchev–Trinajstić information content (AvgIpc) is 3.37. The third kappa shape index (κ3) is 3.08. The molecule has 3 aliphatic rings. The number of imide groups is 1. The van der Waals surface area contributed by atoms with E-state index < -0.39 is 29.3 Å². The van der Waals surface area contributed by atoms with Crippen molar-refractivity contribution in [1.82, 2.24) is 10.2 Å². The number of fused-ring (bicyclic) bond motifs is 4. The van der Waals surface area contributed by atoms with E-state index in [1.807, 2.05) is 55.5 Å². The standard InChI is InChI=1S/C25H26N4O4/c1-2-15-9-6-10-16-21(15)27-24(33)25(16)20-19(17(28-25)13-18(26)30)22(31)29(23(20)32)12-11-14-7-4-3-5-8-14/h3-10,17,19-20,28H,2,11-13H2,1H3,(H2,26,30)(H,27,33)/t17-,19-,20-,25-/m1/s1. The van der Waals surface area contributed by atoms with E-state index in [4.69, 9.17) is 5.73 Å². The van der Waals surface area contributed by atoms with Crippen molar-refractivity contribution in [2.24, 2.45) is 17.6 Å². The van der Waals surface area contributed by atoms with Crippen LogP contribution >= 0.6 is 0 Å². The zero-order valence-electron chi connectivity index (χ0n) is 18.3. The number of nitrogens with one attached hydrogen (secondary N) is 2. The zero-order chi connectivity index (χ0) is 23.3. The zero-order valence-corrected chi connectivity index (χ0v) is 18.3. The van der Waals surface area contributed by atoms with Crippen molar-refractivity contribution in [3.05, 3.63) is 65.2 Å². The number of hydrogen-bond acceptors (Lipinski definition) is 5. The Morgan fingerprint density at radius 3 is 2.52 bits per heavy atom. The molecule has 2 aromatic carbocycles. The maximum atomic E-state index is 13.7. The molecule has 1 spiro atoms. The predicted molar refractivity (Wildman–Crippen MR) is 121 cm³/mol. The molecule has 0 bridgehead atoms. The van der Waals surface area contributed by atoms with E-state index in [-0.39, 0.29) is 30.7 Å². The van der Waals surface area contributed by atoms with Crippen molar-refractivity contribution < 1.29 is 19.2 Å². The van der Waals surface area contributed by atoms with Gasteiger partial charge in [0.2, 0.25) is 23.6 Å². The summed E-state index contributed by atoms with van der Waals surface area (Å²) in [5.41, 5.74) is 7.36. The van der Waals surface area contributed by atoms with Gasteiger partial charge < -0.3 is 11.1 Å². The van der Waals surface area contributed by atoms with Gasteiger partial charge in [0.05, 0.1) is 11.8 Å². The molecule has 8 nitrogen and oxygen atoms in total. The van der Waals surface area contributed by atoms with E-state index in [1.165, 1.54) is 4.90 Å². The molecule has 0 radical (unpaired) electrons. The van der Waals surface area contributed by atoms with Crippen molar-refractivity contribution in [2.45, 2.75) is 37.8 Å². The number of nitrogens with zero attached hydrogens (tertiary/aromatic N) is 1. The quantitative estimate of drug-likeness (QED) is 0.574. The first kappa shape index (κ1) is 21.3. The van der Waals surface area contributed by atoms with Crippen LogP contribution in [0.3, 0.4) is 0 Å². The van der Waals surface area contributed by atoms with Crippen molar-refractivity contribution in [3.63, 3.8) is 0 Å². The highest BCUT2D eigenvalue weighted by atomic mass is 16.2. The van der Waals surface area contributed by atoms with Crippen molar-refractivity contribution in [2.75, 3.05) is 11.9 Å². The smallest absolute Gasteiger partial charge is 0.250 e. The van der Waals surface area contributed by atoms with Gasteiger partial charge >= 0.3 is 0 Å². The SMILES string of the molecule is CCc1cccc2c1NC(=O)[C@@]21N[C@H](CC(N)=O)[C@H]2C(=O)N(CCc3ccccc3)C(=O)[C@@H]21. The van der Waals surface area contributed by atoms with Crippen LogP contribution in [-0.4, -0.2) is 41.1 Å². The molecule has 4 N–H and O–H groups in total. The fourth-order valence-corrected chi connectivity index (χ4v) is 5.74. The molecule has 170 valence electrons. The Morgan fingerprint density at radius 2 is 1.82 bits per heavy atom. The number of primary amides is 1. The molecule has 4 atom stereocenters. The molecule has 3 heterocycles. The van der Waals surface area contributed by atoms with Crippen LogP contribution < -0.4 is 16.4 Å². The maximum Gasteiger partial charge on any atom is 0.250 e. The molecule has 0 aliphatic carbocycles. The molecule has 0 unspecified atom stereocenters. The number of nitrogens with two attached hydrogens (primary N) is 1. The topological polar surface area (TPSA) is 122 Å². The molecule has 33 heavy (non-hydrogen) atoms. The van der Waals surface area contributed by atoms with Crippen LogP contribution in [-0.2, 0) is 37.6 Å². The molecule has 2 fully saturated rings. The number of aryl methyl sites for hydroxylation is 1. The van der Waals surface area contributed by atoms with E-state index in [0.29, 0.717) is 24.1 Å². The lowest BCUT2D eigenvalue weighted by atomic mass is 9.76. The molecule has 0 aromatic heterocycles. The van der Waals surface area contributed by atoms with E-state index >= 15 is 0 Å². The highest BCUT2D eigenvalue weighted by Crippen LogP contribution is 2.53. The second-order valence-electron chi connectivity index (χ2n) is 8.94. The van der Waals surface area contributed by atoms with Crippen LogP contribution in [0.15, 0.2) is 48.5 Å². The molecular formula is C25H26N4O4. The van der Waals surface area contributed by atoms with Gasteiger partial charge in [0, 0.05) is 30.3 Å². The Morgan fingerprint density at radius 1 is 1.06 bits per heavy atom. The number of amides is 4. The summed E-state index contributed by atoms with van der Waals surface area (Å²) in [5, 5.41) is 6.18. The number of carbonyl (C=O) groups excluding carboxylic acids is 4. The summed E-state index contributed by atoms with van der Waals surface area (Å²) in [6, 6.07) is 14.5. The minimum Gasteiger partial charge on any atom is -0.370 e. The van der Waals surface area contributed by atoms with Gasteiger partial charge in [0.15, 0.2) is 0 Å². The Kier molecular flexibility index (Phi) is 5.05. The van der Waals surface area contributed by atoms with E-state index in [1.54, 1.807) is 0 Å². The first-order chi connectivity index (χ1) is 15.9. The Balaban J connectivity index is 1.56. The van der Waals surface area contributed by atoms with Crippen LogP contribution in [0.5, 0.6) is 0 Å². The van der Waals surface area contributed by atoms with E-state index in [0.717, 1.165) is 11.1 Å². The summed E-state index contributed by atoms with van der Waals surface area (Å²) in [4.78, 5) is 53.7. The number of benzene rings is 2. The highest BCUT2D eigenvalue weighted by molar-refractivity contribution is 6.15. The van der Waals surface area contributed by atoms with Crippen molar-refractivity contribution >= 4 is 29.3 Å². The molecule has 0 saturated carbocycles. The fraction of sp³-hybridized carbons (Fsp3) is 0.360. The van der Waals surface area contributed by atoms with Gasteiger partial charge in [-0.05, 0) is 24.0 Å². The van der Waals surface area contributed by atoms with Crippen LogP contribution in [0, 0.1) is 11.8 Å². The number of likely N-dealkylation sites (tertiary alicyclic amines) is 1. The maximum absolute atomic E-state index is 13.7. The third-order valence-corrected chi connectivity index (χ3v) is 7.20.